The Balaban J connectivity index is 2.02. The maximum Gasteiger partial charge on any atom is 0.252 e. The quantitative estimate of drug-likeness (QED) is 0.399. The van der Waals surface area contributed by atoms with E-state index in [0.29, 0.717) is 63.6 Å². The van der Waals surface area contributed by atoms with Crippen molar-refractivity contribution in [2.24, 2.45) is 0 Å². The van der Waals surface area contributed by atoms with E-state index in [1.165, 1.54) is 0 Å². The number of carbonyl (C=O) groups excluding carboxylic acids is 2. The van der Waals surface area contributed by atoms with Crippen LogP contribution in [-0.2, 0) is 14.2 Å². The Morgan fingerprint density at radius 3 is 2.26 bits per heavy atom. The molecule has 0 aliphatic rings. The maximum absolute atomic E-state index is 11.9. The standard InChI is InChI=1S/C16H23NO6/c18-6-8-22-10-12-23-11-9-21-7-5-17-16(20)15-4-2-1-3-14(15)13-19/h1-4,13,18H,5-12H2,(H,17,20). The van der Waals surface area contributed by atoms with Gasteiger partial charge in [0.1, 0.15) is 0 Å². The van der Waals surface area contributed by atoms with Gasteiger partial charge in [-0.25, -0.2) is 0 Å². The number of aliphatic hydroxyl groups is 1. The van der Waals surface area contributed by atoms with Crippen molar-refractivity contribution >= 4 is 12.2 Å². The van der Waals surface area contributed by atoms with Crippen molar-refractivity contribution in [2.45, 2.75) is 0 Å². The van der Waals surface area contributed by atoms with Gasteiger partial charge in [-0.3, -0.25) is 9.59 Å². The summed E-state index contributed by atoms with van der Waals surface area (Å²) in [4.78, 5) is 22.8. The minimum atomic E-state index is -0.298. The van der Waals surface area contributed by atoms with E-state index >= 15 is 0 Å². The molecule has 0 atom stereocenters. The van der Waals surface area contributed by atoms with Crippen LogP contribution in [-0.4, -0.2) is 70.1 Å². The van der Waals surface area contributed by atoms with E-state index in [2.05, 4.69) is 5.32 Å². The monoisotopic (exact) mass is 325 g/mol. The number of rotatable bonds is 13. The zero-order valence-electron chi connectivity index (χ0n) is 13.0. The first-order valence-electron chi connectivity index (χ1n) is 7.46. The van der Waals surface area contributed by atoms with Crippen molar-refractivity contribution in [2.75, 3.05) is 52.8 Å². The summed E-state index contributed by atoms with van der Waals surface area (Å²) in [6.07, 6.45) is 0.660. The molecule has 0 heterocycles. The third-order valence-corrected chi connectivity index (χ3v) is 2.84. The lowest BCUT2D eigenvalue weighted by Crippen LogP contribution is -2.28. The summed E-state index contributed by atoms with van der Waals surface area (Å²) >= 11 is 0. The topological polar surface area (TPSA) is 94.1 Å². The fourth-order valence-electron chi connectivity index (χ4n) is 1.74. The number of carbonyl (C=O) groups is 2. The summed E-state index contributed by atoms with van der Waals surface area (Å²) in [5.41, 5.74) is 0.719. The number of hydrogen-bond donors (Lipinski definition) is 2. The fourth-order valence-corrected chi connectivity index (χ4v) is 1.74. The van der Waals surface area contributed by atoms with Gasteiger partial charge < -0.3 is 24.6 Å². The van der Waals surface area contributed by atoms with Crippen LogP contribution >= 0.6 is 0 Å². The Labute approximate surface area is 135 Å². The average Bonchev–Trinajstić information content (AvgIpc) is 2.59. The summed E-state index contributed by atoms with van der Waals surface area (Å²) in [7, 11) is 0. The van der Waals surface area contributed by atoms with Gasteiger partial charge >= 0.3 is 0 Å². The zero-order valence-corrected chi connectivity index (χ0v) is 13.0. The lowest BCUT2D eigenvalue weighted by Gasteiger charge is -2.08. The minimum absolute atomic E-state index is 0.00611. The lowest BCUT2D eigenvalue weighted by molar-refractivity contribution is 0.00825. The summed E-state index contributed by atoms with van der Waals surface area (Å²) in [5, 5.41) is 11.2. The van der Waals surface area contributed by atoms with E-state index in [1.807, 2.05) is 0 Å². The van der Waals surface area contributed by atoms with Gasteiger partial charge in [0.05, 0.1) is 46.2 Å². The molecule has 7 nitrogen and oxygen atoms in total. The number of ether oxygens (including phenoxy) is 3. The molecule has 2 N–H and O–H groups in total. The highest BCUT2D eigenvalue weighted by Crippen LogP contribution is 2.05. The van der Waals surface area contributed by atoms with E-state index in [-0.39, 0.29) is 12.5 Å². The first-order valence-corrected chi connectivity index (χ1v) is 7.46. The van der Waals surface area contributed by atoms with Crippen LogP contribution in [0.15, 0.2) is 24.3 Å². The van der Waals surface area contributed by atoms with Crippen LogP contribution in [0.25, 0.3) is 0 Å². The third-order valence-electron chi connectivity index (χ3n) is 2.84. The van der Waals surface area contributed by atoms with Gasteiger partial charge in [-0.15, -0.1) is 0 Å². The Morgan fingerprint density at radius 1 is 1.00 bits per heavy atom. The van der Waals surface area contributed by atoms with Gasteiger partial charge in [0.15, 0.2) is 6.29 Å². The van der Waals surface area contributed by atoms with Crippen LogP contribution in [0, 0.1) is 0 Å². The van der Waals surface area contributed by atoms with Crippen molar-refractivity contribution in [3.8, 4) is 0 Å². The smallest absolute Gasteiger partial charge is 0.252 e. The molecule has 1 aromatic carbocycles. The van der Waals surface area contributed by atoms with Crippen molar-refractivity contribution in [3.63, 3.8) is 0 Å². The third kappa shape index (κ3) is 8.41. The molecule has 1 amide bonds. The molecule has 0 bridgehead atoms. The number of aldehydes is 1. The molecule has 0 radical (unpaired) electrons. The number of hydrogen-bond acceptors (Lipinski definition) is 6. The molecule has 0 spiro atoms. The summed E-state index contributed by atoms with van der Waals surface area (Å²) in [5.74, 6) is -0.298. The minimum Gasteiger partial charge on any atom is -0.394 e. The van der Waals surface area contributed by atoms with Crippen LogP contribution in [0.3, 0.4) is 0 Å². The van der Waals surface area contributed by atoms with Gasteiger partial charge in [0.2, 0.25) is 0 Å². The molecule has 0 aliphatic heterocycles. The van der Waals surface area contributed by atoms with Crippen LogP contribution in [0.1, 0.15) is 20.7 Å². The first kappa shape index (κ1) is 19.2. The fraction of sp³-hybridized carbons (Fsp3) is 0.500. The number of aliphatic hydroxyl groups excluding tert-OH is 1. The summed E-state index contributed by atoms with van der Waals surface area (Å²) < 4.78 is 15.6. The maximum atomic E-state index is 11.9. The van der Waals surface area contributed by atoms with Gasteiger partial charge in [-0.2, -0.15) is 0 Å². The highest BCUT2D eigenvalue weighted by atomic mass is 16.5. The Morgan fingerprint density at radius 2 is 1.61 bits per heavy atom. The van der Waals surface area contributed by atoms with Gasteiger partial charge in [-0.1, -0.05) is 18.2 Å². The van der Waals surface area contributed by atoms with Crippen LogP contribution in [0.2, 0.25) is 0 Å². The molecule has 0 saturated carbocycles. The average molecular weight is 325 g/mol. The Bertz CT molecular complexity index is 466. The second-order valence-electron chi connectivity index (χ2n) is 4.52. The van der Waals surface area contributed by atoms with Crippen LogP contribution in [0.5, 0.6) is 0 Å². The van der Waals surface area contributed by atoms with Crippen LogP contribution < -0.4 is 5.32 Å². The van der Waals surface area contributed by atoms with Crippen LogP contribution in [0.4, 0.5) is 0 Å². The molecule has 23 heavy (non-hydrogen) atoms. The molecular formula is C16H23NO6. The van der Waals surface area contributed by atoms with Crippen molar-refractivity contribution < 1.29 is 28.9 Å². The van der Waals surface area contributed by atoms with E-state index in [1.54, 1.807) is 24.3 Å². The molecular weight excluding hydrogens is 302 g/mol. The molecule has 128 valence electrons. The lowest BCUT2D eigenvalue weighted by atomic mass is 10.1. The second-order valence-corrected chi connectivity index (χ2v) is 4.52. The SMILES string of the molecule is O=Cc1ccccc1C(=O)NCCOCCOCCOCCO. The van der Waals surface area contributed by atoms with E-state index < -0.39 is 0 Å². The largest absolute Gasteiger partial charge is 0.394 e. The molecule has 1 rings (SSSR count). The van der Waals surface area contributed by atoms with Gasteiger partial charge in [0, 0.05) is 17.7 Å². The molecule has 0 unspecified atom stereocenters. The van der Waals surface area contributed by atoms with Gasteiger partial charge in [0.25, 0.3) is 5.91 Å². The second kappa shape index (κ2) is 12.7. The normalized spacial score (nSPS) is 10.5. The molecule has 0 fully saturated rings. The first-order chi connectivity index (χ1) is 11.3. The number of nitrogens with one attached hydrogen (secondary N) is 1. The summed E-state index contributed by atoms with van der Waals surface area (Å²) in [6, 6.07) is 6.62. The predicted octanol–water partition coefficient (Wildman–Crippen LogP) is 0.271. The summed E-state index contributed by atoms with van der Waals surface area (Å²) in [6.45, 7) is 2.77. The molecule has 0 aliphatic carbocycles. The van der Waals surface area contributed by atoms with Crippen molar-refractivity contribution in [3.05, 3.63) is 35.4 Å². The number of amides is 1. The Kier molecular flexibility index (Phi) is 10.6. The van der Waals surface area contributed by atoms with E-state index in [9.17, 15) is 9.59 Å². The van der Waals surface area contributed by atoms with Crippen molar-refractivity contribution in [1.82, 2.24) is 5.32 Å². The van der Waals surface area contributed by atoms with E-state index in [0.717, 1.165) is 0 Å². The predicted molar refractivity (Wildman–Crippen MR) is 83.7 cm³/mol. The van der Waals surface area contributed by atoms with Crippen molar-refractivity contribution in [1.29, 1.82) is 0 Å². The highest BCUT2D eigenvalue weighted by molar-refractivity contribution is 6.01. The zero-order chi connectivity index (χ0) is 16.8. The molecule has 1 aromatic rings. The Hall–Kier alpha value is -1.80. The molecule has 0 saturated heterocycles. The number of benzene rings is 1. The molecule has 0 aromatic heterocycles. The highest BCUT2D eigenvalue weighted by Gasteiger charge is 2.09. The van der Waals surface area contributed by atoms with E-state index in [4.69, 9.17) is 19.3 Å². The molecule has 7 heteroatoms. The van der Waals surface area contributed by atoms with Gasteiger partial charge in [-0.05, 0) is 6.07 Å².